The maximum absolute atomic E-state index is 12.5. The van der Waals surface area contributed by atoms with Crippen molar-refractivity contribution in [2.24, 2.45) is 0 Å². The number of benzene rings is 1. The fraction of sp³-hybridized carbons (Fsp3) is 0.280. The second kappa shape index (κ2) is 9.28. The molecule has 4 aromatic rings. The highest BCUT2D eigenvalue weighted by molar-refractivity contribution is 5.96. The molecule has 0 aliphatic heterocycles. The minimum atomic E-state index is -0.152. The Morgan fingerprint density at radius 1 is 1.09 bits per heavy atom. The summed E-state index contributed by atoms with van der Waals surface area (Å²) in [5.74, 6) is 0.847. The van der Waals surface area contributed by atoms with E-state index in [9.17, 15) is 4.79 Å². The maximum Gasteiger partial charge on any atom is 0.251 e. The van der Waals surface area contributed by atoms with Crippen molar-refractivity contribution in [2.75, 3.05) is 12.4 Å². The molecule has 0 aliphatic carbocycles. The molecule has 170 valence electrons. The number of carbonyl (C=O) groups is 1. The van der Waals surface area contributed by atoms with Gasteiger partial charge in [0.1, 0.15) is 5.75 Å². The number of methoxy groups -OCH3 is 1. The summed E-state index contributed by atoms with van der Waals surface area (Å²) in [5.41, 5.74) is 3.98. The SMILES string of the molecule is COc1ccc(C(=O)NC(C)C)cc1Nc1nccc(-c2cn(C(C)C)c3cnccc23)n1. The van der Waals surface area contributed by atoms with Crippen LogP contribution in [0.4, 0.5) is 11.6 Å². The standard InChI is InChI=1S/C25H28N6O2/c1-15(2)28-24(32)17-6-7-23(33-5)21(12-17)30-25-27-11-9-20(29-25)19-14-31(16(3)4)22-13-26-10-8-18(19)22/h6-16H,1-5H3,(H,28,32)(H,27,29,30). The second-order valence-corrected chi connectivity index (χ2v) is 8.37. The normalized spacial score (nSPS) is 11.2. The van der Waals surface area contributed by atoms with E-state index >= 15 is 0 Å². The maximum atomic E-state index is 12.5. The van der Waals surface area contributed by atoms with Gasteiger partial charge >= 0.3 is 0 Å². The van der Waals surface area contributed by atoms with Crippen LogP contribution < -0.4 is 15.4 Å². The predicted molar refractivity (Wildman–Crippen MR) is 130 cm³/mol. The van der Waals surface area contributed by atoms with E-state index in [1.54, 1.807) is 37.7 Å². The van der Waals surface area contributed by atoms with Crippen molar-refractivity contribution in [2.45, 2.75) is 39.8 Å². The number of hydrogen-bond acceptors (Lipinski definition) is 6. The van der Waals surface area contributed by atoms with Gasteiger partial charge in [-0.2, -0.15) is 0 Å². The summed E-state index contributed by atoms with van der Waals surface area (Å²) in [6.07, 6.45) is 7.47. The van der Waals surface area contributed by atoms with Crippen molar-refractivity contribution >= 4 is 28.4 Å². The van der Waals surface area contributed by atoms with Crippen LogP contribution in [0.2, 0.25) is 0 Å². The van der Waals surface area contributed by atoms with Gasteiger partial charge in [0, 0.05) is 47.2 Å². The van der Waals surface area contributed by atoms with E-state index in [4.69, 9.17) is 9.72 Å². The van der Waals surface area contributed by atoms with E-state index in [1.807, 2.05) is 32.2 Å². The first-order valence-corrected chi connectivity index (χ1v) is 10.9. The zero-order valence-corrected chi connectivity index (χ0v) is 19.5. The number of carbonyl (C=O) groups excluding carboxylic acids is 1. The molecule has 0 atom stereocenters. The average molecular weight is 445 g/mol. The highest BCUT2D eigenvalue weighted by atomic mass is 16.5. The highest BCUT2D eigenvalue weighted by Crippen LogP contribution is 2.32. The number of ether oxygens (including phenoxy) is 1. The molecule has 1 aromatic carbocycles. The van der Waals surface area contributed by atoms with Crippen LogP contribution in [0.25, 0.3) is 22.2 Å². The van der Waals surface area contributed by atoms with Gasteiger partial charge in [-0.3, -0.25) is 9.78 Å². The lowest BCUT2D eigenvalue weighted by atomic mass is 10.1. The lowest BCUT2D eigenvalue weighted by molar-refractivity contribution is 0.0943. The molecule has 0 saturated heterocycles. The molecule has 3 heterocycles. The molecule has 4 rings (SSSR count). The van der Waals surface area contributed by atoms with Crippen molar-refractivity contribution in [3.63, 3.8) is 0 Å². The van der Waals surface area contributed by atoms with Gasteiger partial charge in [0.15, 0.2) is 0 Å². The van der Waals surface area contributed by atoms with E-state index in [-0.39, 0.29) is 18.0 Å². The lowest BCUT2D eigenvalue weighted by Gasteiger charge is -2.13. The third-order valence-corrected chi connectivity index (χ3v) is 5.25. The van der Waals surface area contributed by atoms with E-state index in [2.05, 4.69) is 45.2 Å². The summed E-state index contributed by atoms with van der Waals surface area (Å²) in [5, 5.41) is 7.19. The smallest absolute Gasteiger partial charge is 0.251 e. The summed E-state index contributed by atoms with van der Waals surface area (Å²) in [4.78, 5) is 25.9. The zero-order valence-electron chi connectivity index (χ0n) is 19.5. The number of rotatable bonds is 7. The zero-order chi connectivity index (χ0) is 23.5. The molecule has 0 spiro atoms. The minimum absolute atomic E-state index is 0.0409. The first kappa shape index (κ1) is 22.3. The molecule has 8 nitrogen and oxygen atoms in total. The number of nitrogens with zero attached hydrogens (tertiary/aromatic N) is 4. The molecule has 0 aliphatic rings. The summed E-state index contributed by atoms with van der Waals surface area (Å²) in [6.45, 7) is 8.12. The molecule has 0 bridgehead atoms. The highest BCUT2D eigenvalue weighted by Gasteiger charge is 2.15. The Balaban J connectivity index is 1.70. The van der Waals surface area contributed by atoms with Crippen LogP contribution in [0, 0.1) is 0 Å². The Morgan fingerprint density at radius 2 is 1.91 bits per heavy atom. The van der Waals surface area contributed by atoms with Crippen LogP contribution in [0.1, 0.15) is 44.1 Å². The third kappa shape index (κ3) is 4.64. The van der Waals surface area contributed by atoms with Crippen LogP contribution in [0.5, 0.6) is 5.75 Å². The van der Waals surface area contributed by atoms with Crippen molar-refractivity contribution in [3.05, 3.63) is 60.7 Å². The van der Waals surface area contributed by atoms with E-state index in [0.717, 1.165) is 22.2 Å². The Hall–Kier alpha value is -3.94. The van der Waals surface area contributed by atoms with Crippen molar-refractivity contribution in [1.29, 1.82) is 0 Å². The quantitative estimate of drug-likeness (QED) is 0.418. The van der Waals surface area contributed by atoms with Gasteiger partial charge in [-0.1, -0.05) is 0 Å². The fourth-order valence-corrected chi connectivity index (χ4v) is 3.71. The Labute approximate surface area is 193 Å². The van der Waals surface area contributed by atoms with Crippen LogP contribution in [-0.4, -0.2) is 38.6 Å². The molecule has 1 amide bonds. The Morgan fingerprint density at radius 3 is 2.64 bits per heavy atom. The molecule has 0 unspecified atom stereocenters. The number of pyridine rings is 1. The second-order valence-electron chi connectivity index (χ2n) is 8.37. The van der Waals surface area contributed by atoms with Crippen LogP contribution in [-0.2, 0) is 0 Å². The number of nitrogens with one attached hydrogen (secondary N) is 2. The predicted octanol–water partition coefficient (Wildman–Crippen LogP) is 4.96. The number of fused-ring (bicyclic) bond motifs is 1. The number of anilines is 2. The largest absolute Gasteiger partial charge is 0.495 e. The summed E-state index contributed by atoms with van der Waals surface area (Å²) < 4.78 is 7.66. The number of aromatic nitrogens is 4. The summed E-state index contributed by atoms with van der Waals surface area (Å²) >= 11 is 0. The molecular formula is C25H28N6O2. The van der Waals surface area contributed by atoms with Crippen molar-refractivity contribution in [3.8, 4) is 17.0 Å². The van der Waals surface area contributed by atoms with Crippen LogP contribution in [0.3, 0.4) is 0 Å². The van der Waals surface area contributed by atoms with E-state index in [1.165, 1.54) is 0 Å². The fourth-order valence-electron chi connectivity index (χ4n) is 3.71. The summed E-state index contributed by atoms with van der Waals surface area (Å²) in [6, 6.07) is 9.43. The van der Waals surface area contributed by atoms with Crippen LogP contribution in [0.15, 0.2) is 55.1 Å². The van der Waals surface area contributed by atoms with Crippen LogP contribution >= 0.6 is 0 Å². The topological polar surface area (TPSA) is 94.0 Å². The van der Waals surface area contributed by atoms with Gasteiger partial charge in [0.2, 0.25) is 5.95 Å². The van der Waals surface area contributed by atoms with E-state index < -0.39 is 0 Å². The molecule has 2 N–H and O–H groups in total. The number of amides is 1. The van der Waals surface area contributed by atoms with Gasteiger partial charge in [-0.15, -0.1) is 0 Å². The molecule has 3 aromatic heterocycles. The van der Waals surface area contributed by atoms with Gasteiger partial charge in [-0.25, -0.2) is 9.97 Å². The molecule has 33 heavy (non-hydrogen) atoms. The van der Waals surface area contributed by atoms with Gasteiger partial charge in [0.05, 0.1) is 30.2 Å². The first-order chi connectivity index (χ1) is 15.9. The third-order valence-electron chi connectivity index (χ3n) is 5.25. The molecular weight excluding hydrogens is 416 g/mol. The minimum Gasteiger partial charge on any atom is -0.495 e. The molecule has 0 fully saturated rings. The Kier molecular flexibility index (Phi) is 6.26. The van der Waals surface area contributed by atoms with Crippen molar-refractivity contribution in [1.82, 2.24) is 24.8 Å². The van der Waals surface area contributed by atoms with Crippen molar-refractivity contribution < 1.29 is 9.53 Å². The lowest BCUT2D eigenvalue weighted by Crippen LogP contribution is -2.30. The first-order valence-electron chi connectivity index (χ1n) is 10.9. The molecule has 8 heteroatoms. The van der Waals surface area contributed by atoms with Gasteiger partial charge in [0.25, 0.3) is 5.91 Å². The monoisotopic (exact) mass is 444 g/mol. The summed E-state index contributed by atoms with van der Waals surface area (Å²) in [7, 11) is 1.58. The number of hydrogen-bond donors (Lipinski definition) is 2. The van der Waals surface area contributed by atoms with Gasteiger partial charge in [-0.05, 0) is 58.0 Å². The van der Waals surface area contributed by atoms with E-state index in [0.29, 0.717) is 22.9 Å². The molecule has 0 radical (unpaired) electrons. The molecule has 0 saturated carbocycles. The van der Waals surface area contributed by atoms with Gasteiger partial charge < -0.3 is 19.9 Å². The Bertz CT molecular complexity index is 1300. The average Bonchev–Trinajstić information content (AvgIpc) is 3.19.